The number of rotatable bonds is 9. The molecule has 1 atom stereocenters. The molecule has 3 aromatic heterocycles. The van der Waals surface area contributed by atoms with Gasteiger partial charge in [0.25, 0.3) is 0 Å². The van der Waals surface area contributed by atoms with Gasteiger partial charge in [-0.25, -0.2) is 24.1 Å². The van der Waals surface area contributed by atoms with Crippen molar-refractivity contribution in [3.05, 3.63) is 41.6 Å². The third-order valence-corrected chi connectivity index (χ3v) is 7.08. The molecule has 0 aliphatic heterocycles. The predicted molar refractivity (Wildman–Crippen MR) is 134 cm³/mol. The van der Waals surface area contributed by atoms with Gasteiger partial charge in [0.2, 0.25) is 5.88 Å². The minimum absolute atomic E-state index is 0.0747. The Morgan fingerprint density at radius 2 is 1.77 bits per heavy atom. The predicted octanol–water partition coefficient (Wildman–Crippen LogP) is 4.18. The van der Waals surface area contributed by atoms with E-state index in [0.29, 0.717) is 46.8 Å². The van der Waals surface area contributed by atoms with Gasteiger partial charge in [0, 0.05) is 6.07 Å². The van der Waals surface area contributed by atoms with Crippen LogP contribution in [0.5, 0.6) is 17.4 Å². The number of anilines is 1. The lowest BCUT2D eigenvalue weighted by molar-refractivity contribution is 0.327. The zero-order chi connectivity index (χ0) is 24.5. The van der Waals surface area contributed by atoms with E-state index in [1.807, 2.05) is 37.3 Å². The highest BCUT2D eigenvalue weighted by Gasteiger charge is 2.30. The Hall–Kier alpha value is -3.44. The third kappa shape index (κ3) is 4.48. The van der Waals surface area contributed by atoms with Gasteiger partial charge in [-0.2, -0.15) is 0 Å². The number of nitrogens with one attached hydrogen (secondary N) is 1. The van der Waals surface area contributed by atoms with E-state index in [2.05, 4.69) is 19.7 Å². The summed E-state index contributed by atoms with van der Waals surface area (Å²) >= 11 is 6.40. The first-order chi connectivity index (χ1) is 17.0. The Balaban J connectivity index is 1.78. The first kappa shape index (κ1) is 23.3. The fourth-order valence-electron chi connectivity index (χ4n) is 3.60. The quantitative estimate of drug-likeness (QED) is 0.354. The van der Waals surface area contributed by atoms with Crippen molar-refractivity contribution in [2.45, 2.75) is 25.0 Å². The fraction of sp³-hybridized carbons (Fsp3) is 0.304. The van der Waals surface area contributed by atoms with Gasteiger partial charge >= 0.3 is 0 Å². The van der Waals surface area contributed by atoms with Crippen LogP contribution in [0.2, 0.25) is 5.15 Å². The molecule has 3 heterocycles. The summed E-state index contributed by atoms with van der Waals surface area (Å²) in [6.07, 6.45) is 1.80. The van der Waals surface area contributed by atoms with Gasteiger partial charge in [0.1, 0.15) is 33.9 Å². The molecule has 12 heteroatoms. The van der Waals surface area contributed by atoms with Gasteiger partial charge in [0.05, 0.1) is 26.1 Å². The van der Waals surface area contributed by atoms with Crippen molar-refractivity contribution >= 4 is 39.7 Å². The first-order valence-corrected chi connectivity index (χ1v) is 12.6. The maximum Gasteiger partial charge on any atom is 0.213 e. The van der Waals surface area contributed by atoms with Gasteiger partial charge in [-0.1, -0.05) is 23.7 Å². The Bertz CT molecular complexity index is 1400. The molecular weight excluding hydrogens is 492 g/mol. The molecule has 182 valence electrons. The van der Waals surface area contributed by atoms with Gasteiger partial charge in [0.15, 0.2) is 28.1 Å². The van der Waals surface area contributed by atoms with E-state index in [1.54, 1.807) is 24.9 Å². The molecule has 0 radical (unpaired) electrons. The van der Waals surface area contributed by atoms with Crippen LogP contribution < -0.4 is 18.9 Å². The average molecular weight is 515 g/mol. The lowest BCUT2D eigenvalue weighted by Gasteiger charge is -2.16. The highest BCUT2D eigenvalue weighted by molar-refractivity contribution is 7.87. The zero-order valence-corrected chi connectivity index (χ0v) is 20.9. The highest BCUT2D eigenvalue weighted by Crippen LogP contribution is 2.39. The molecule has 0 amide bonds. The van der Waals surface area contributed by atoms with E-state index in [4.69, 9.17) is 30.8 Å². The lowest BCUT2D eigenvalue weighted by atomic mass is 10.2. The van der Waals surface area contributed by atoms with Crippen LogP contribution in [0.1, 0.15) is 19.8 Å². The van der Waals surface area contributed by atoms with Crippen LogP contribution in [-0.2, 0) is 11.0 Å². The average Bonchev–Trinajstić information content (AvgIpc) is 3.66. The molecule has 35 heavy (non-hydrogen) atoms. The second-order valence-electron chi connectivity index (χ2n) is 7.69. The number of para-hydroxylation sites is 1. The van der Waals surface area contributed by atoms with Crippen LogP contribution in [0.4, 0.5) is 5.82 Å². The lowest BCUT2D eigenvalue weighted by Crippen LogP contribution is -2.12. The minimum Gasteiger partial charge on any atom is -0.494 e. The normalized spacial score (nSPS) is 14.1. The largest absolute Gasteiger partial charge is 0.494 e. The highest BCUT2D eigenvalue weighted by atomic mass is 35.5. The topological polar surface area (TPSA) is 113 Å². The van der Waals surface area contributed by atoms with Gasteiger partial charge < -0.3 is 14.2 Å². The molecule has 1 N–H and O–H groups in total. The molecule has 0 bridgehead atoms. The number of halogens is 1. The first-order valence-electron chi connectivity index (χ1n) is 11.0. The van der Waals surface area contributed by atoms with Crippen molar-refractivity contribution < 1.29 is 18.4 Å². The van der Waals surface area contributed by atoms with Crippen molar-refractivity contribution in [3.8, 4) is 34.6 Å². The van der Waals surface area contributed by atoms with E-state index in [0.717, 1.165) is 12.8 Å². The summed E-state index contributed by atoms with van der Waals surface area (Å²) in [6.45, 7) is 2.36. The number of aromatic nitrogens is 5. The number of pyridine rings is 1. The summed E-state index contributed by atoms with van der Waals surface area (Å²) in [6, 6.07) is 10.8. The molecule has 5 rings (SSSR count). The van der Waals surface area contributed by atoms with Crippen LogP contribution in [0.3, 0.4) is 0 Å². The molecule has 0 saturated heterocycles. The molecule has 1 aliphatic rings. The summed E-state index contributed by atoms with van der Waals surface area (Å²) in [5.41, 5.74) is 1.73. The summed E-state index contributed by atoms with van der Waals surface area (Å²) in [5.74, 6) is 2.15. The van der Waals surface area contributed by atoms with Crippen LogP contribution >= 0.6 is 11.6 Å². The molecule has 1 aliphatic carbocycles. The fourth-order valence-corrected chi connectivity index (χ4v) is 4.89. The van der Waals surface area contributed by atoms with Crippen LogP contribution in [0, 0.1) is 0 Å². The molecule has 4 aromatic rings. The van der Waals surface area contributed by atoms with E-state index in [-0.39, 0.29) is 21.9 Å². The Kier molecular flexibility index (Phi) is 6.44. The number of hydrogen-bond donors (Lipinski definition) is 1. The molecule has 1 fully saturated rings. The smallest absolute Gasteiger partial charge is 0.213 e. The second-order valence-corrected chi connectivity index (χ2v) is 9.51. The van der Waals surface area contributed by atoms with Crippen molar-refractivity contribution in [1.82, 2.24) is 24.5 Å². The van der Waals surface area contributed by atoms with Crippen LogP contribution in [0.15, 0.2) is 36.4 Å². The molecular formula is C23H23ClN6O4S. The number of ether oxygens (including phenoxy) is 3. The van der Waals surface area contributed by atoms with E-state index >= 15 is 0 Å². The maximum absolute atomic E-state index is 12.5. The molecule has 1 saturated carbocycles. The molecule has 1 aromatic carbocycles. The standard InChI is InChI=1S/C23H23ClN6O4S/c1-4-34-17-10-5-7-14(25-17)22-28-21-23(27-20(19(24)26-21)29-35(31)13-11-12-13)30(22)18-15(32-2)8-6-9-16(18)33-3/h5-10,13H,4,11-12H2,1-3H3,(H,27,29). The van der Waals surface area contributed by atoms with Gasteiger partial charge in [-0.05, 0) is 38.0 Å². The summed E-state index contributed by atoms with van der Waals surface area (Å²) < 4.78 is 34.1. The second kappa shape index (κ2) is 9.67. The summed E-state index contributed by atoms with van der Waals surface area (Å²) in [5, 5.41) is 0.162. The number of nitrogens with zero attached hydrogens (tertiary/aromatic N) is 5. The summed E-state index contributed by atoms with van der Waals surface area (Å²) in [7, 11) is 1.83. The molecule has 1 unspecified atom stereocenters. The van der Waals surface area contributed by atoms with Crippen molar-refractivity contribution in [1.29, 1.82) is 0 Å². The number of methoxy groups -OCH3 is 2. The maximum atomic E-state index is 12.5. The van der Waals surface area contributed by atoms with E-state index < -0.39 is 11.0 Å². The Morgan fingerprint density at radius 3 is 2.43 bits per heavy atom. The zero-order valence-electron chi connectivity index (χ0n) is 19.3. The van der Waals surface area contributed by atoms with Crippen molar-refractivity contribution in [2.24, 2.45) is 0 Å². The van der Waals surface area contributed by atoms with Gasteiger partial charge in [-0.15, -0.1) is 0 Å². The van der Waals surface area contributed by atoms with Crippen LogP contribution in [-0.4, -0.2) is 54.8 Å². The Morgan fingerprint density at radius 1 is 1.06 bits per heavy atom. The van der Waals surface area contributed by atoms with Crippen molar-refractivity contribution in [2.75, 3.05) is 25.5 Å². The Labute approximate surface area is 209 Å². The van der Waals surface area contributed by atoms with Crippen LogP contribution in [0.25, 0.3) is 28.5 Å². The minimum atomic E-state index is -1.31. The molecule has 10 nitrogen and oxygen atoms in total. The SMILES string of the molecule is CCOc1cccc(-c2nc3nc(Cl)c(NS(=O)C4CC4)nc3n2-c2c(OC)cccc2OC)n1. The van der Waals surface area contributed by atoms with E-state index in [1.165, 1.54) is 0 Å². The van der Waals surface area contributed by atoms with Crippen molar-refractivity contribution in [3.63, 3.8) is 0 Å². The molecule has 0 spiro atoms. The number of imidazole rings is 1. The number of benzene rings is 1. The summed E-state index contributed by atoms with van der Waals surface area (Å²) in [4.78, 5) is 18.5. The third-order valence-electron chi connectivity index (χ3n) is 5.35. The van der Waals surface area contributed by atoms with E-state index in [9.17, 15) is 4.21 Å². The monoisotopic (exact) mass is 514 g/mol. The van der Waals surface area contributed by atoms with Gasteiger partial charge in [-0.3, -0.25) is 9.29 Å². The number of hydrogen-bond acceptors (Lipinski definition) is 8. The number of fused-ring (bicyclic) bond motifs is 1.